The van der Waals surface area contributed by atoms with Crippen LogP contribution in [0.2, 0.25) is 0 Å². The van der Waals surface area contributed by atoms with E-state index in [2.05, 4.69) is 4.98 Å². The third-order valence-electron chi connectivity index (χ3n) is 0.892. The Hall–Kier alpha value is -1.59. The highest BCUT2D eigenvalue weighted by atomic mass is 19.1. The number of hydrogen-bond donors (Lipinski definition) is 2. The highest BCUT2D eigenvalue weighted by Gasteiger charge is 2.01. The van der Waals surface area contributed by atoms with Gasteiger partial charge in [-0.15, -0.1) is 4.73 Å². The molecule has 6 heteroatoms. The molecule has 0 amide bonds. The topological polar surface area (TPSA) is 81.1 Å². The Morgan fingerprint density at radius 3 is 2.90 bits per heavy atom. The van der Waals surface area contributed by atoms with Gasteiger partial charge in [-0.1, -0.05) is 0 Å². The molecule has 5 nitrogen and oxygen atoms in total. The summed E-state index contributed by atoms with van der Waals surface area (Å²) < 4.78 is 12.3. The summed E-state index contributed by atoms with van der Waals surface area (Å²) in [4.78, 5) is 13.3. The third-order valence-corrected chi connectivity index (χ3v) is 0.892. The van der Waals surface area contributed by atoms with Crippen molar-refractivity contribution in [2.24, 2.45) is 0 Å². The van der Waals surface area contributed by atoms with Crippen LogP contribution in [-0.2, 0) is 0 Å². The van der Waals surface area contributed by atoms with E-state index in [1.54, 1.807) is 0 Å². The van der Waals surface area contributed by atoms with Crippen LogP contribution in [0.3, 0.4) is 0 Å². The zero-order valence-electron chi connectivity index (χ0n) is 4.78. The van der Waals surface area contributed by atoms with E-state index in [0.29, 0.717) is 6.20 Å². The van der Waals surface area contributed by atoms with Crippen LogP contribution >= 0.6 is 0 Å². The average Bonchev–Trinajstić information content (AvgIpc) is 1.84. The first kappa shape index (κ1) is 6.53. The molecule has 1 rings (SSSR count). The molecule has 1 aromatic rings. The van der Waals surface area contributed by atoms with Crippen LogP contribution in [0.1, 0.15) is 0 Å². The van der Waals surface area contributed by atoms with Crippen LogP contribution in [0.5, 0.6) is 0 Å². The molecule has 0 aliphatic carbocycles. The van der Waals surface area contributed by atoms with Crippen molar-refractivity contribution in [2.75, 3.05) is 5.73 Å². The first-order valence-electron chi connectivity index (χ1n) is 2.35. The first-order chi connectivity index (χ1) is 4.61. The van der Waals surface area contributed by atoms with Gasteiger partial charge in [-0.25, -0.2) is 9.18 Å². The predicted molar refractivity (Wildman–Crippen MR) is 30.1 cm³/mol. The standard InChI is InChI=1S/C4H4FN3O2/c5-2-1-8(10)4(9)7-3(2)6/h1,10H,(H2,6,7,9). The monoisotopic (exact) mass is 145 g/mol. The fourth-order valence-electron chi connectivity index (χ4n) is 0.436. The van der Waals surface area contributed by atoms with Crippen molar-refractivity contribution in [1.29, 1.82) is 0 Å². The molecule has 0 saturated carbocycles. The number of anilines is 1. The van der Waals surface area contributed by atoms with Gasteiger partial charge in [0.2, 0.25) is 0 Å². The normalized spacial score (nSPS) is 9.70. The predicted octanol–water partition coefficient (Wildman–Crippen LogP) is -0.798. The van der Waals surface area contributed by atoms with Crippen molar-refractivity contribution in [1.82, 2.24) is 9.71 Å². The highest BCUT2D eigenvalue weighted by molar-refractivity contribution is 5.25. The molecule has 54 valence electrons. The van der Waals surface area contributed by atoms with Gasteiger partial charge in [-0.2, -0.15) is 4.98 Å². The largest absolute Gasteiger partial charge is 0.424 e. The van der Waals surface area contributed by atoms with Gasteiger partial charge in [0.1, 0.15) is 0 Å². The Morgan fingerprint density at radius 2 is 2.40 bits per heavy atom. The molecule has 0 aliphatic rings. The van der Waals surface area contributed by atoms with Gasteiger partial charge in [0.25, 0.3) is 0 Å². The number of nitrogen functional groups attached to an aromatic ring is 1. The molecule has 0 aromatic carbocycles. The minimum absolute atomic E-state index is 0.0195. The summed E-state index contributed by atoms with van der Waals surface area (Å²) in [5.41, 5.74) is 3.88. The van der Waals surface area contributed by atoms with Crippen molar-refractivity contribution in [3.05, 3.63) is 22.5 Å². The molecule has 0 fully saturated rings. The van der Waals surface area contributed by atoms with Gasteiger partial charge in [-0.05, 0) is 0 Å². The second-order valence-electron chi connectivity index (χ2n) is 1.60. The molecule has 1 aromatic heterocycles. The molecule has 0 radical (unpaired) electrons. The Balaban J connectivity index is 3.43. The van der Waals surface area contributed by atoms with Crippen LogP contribution in [0.4, 0.5) is 10.2 Å². The number of nitrogens with zero attached hydrogens (tertiary/aromatic N) is 2. The quantitative estimate of drug-likeness (QED) is 0.468. The zero-order chi connectivity index (χ0) is 7.72. The van der Waals surface area contributed by atoms with Crippen LogP contribution in [0.15, 0.2) is 11.0 Å². The van der Waals surface area contributed by atoms with Crippen LogP contribution in [0, 0.1) is 5.82 Å². The molecular formula is C4H4FN3O2. The van der Waals surface area contributed by atoms with E-state index in [1.165, 1.54) is 0 Å². The lowest BCUT2D eigenvalue weighted by Gasteiger charge is -1.95. The summed E-state index contributed by atoms with van der Waals surface area (Å²) in [5, 5.41) is 8.47. The van der Waals surface area contributed by atoms with Gasteiger partial charge in [0.05, 0.1) is 6.20 Å². The second kappa shape index (κ2) is 1.98. The van der Waals surface area contributed by atoms with E-state index in [-0.39, 0.29) is 4.73 Å². The molecule has 1 heterocycles. The van der Waals surface area contributed by atoms with E-state index in [0.717, 1.165) is 0 Å². The highest BCUT2D eigenvalue weighted by Crippen LogP contribution is 1.98. The Bertz CT molecular complexity index is 308. The van der Waals surface area contributed by atoms with E-state index in [4.69, 9.17) is 10.9 Å². The molecule has 10 heavy (non-hydrogen) atoms. The average molecular weight is 145 g/mol. The third kappa shape index (κ3) is 0.903. The Labute approximate surface area is 54.5 Å². The molecule has 0 aliphatic heterocycles. The van der Waals surface area contributed by atoms with E-state index >= 15 is 0 Å². The van der Waals surface area contributed by atoms with Crippen molar-refractivity contribution >= 4 is 5.82 Å². The van der Waals surface area contributed by atoms with Crippen LogP contribution < -0.4 is 11.4 Å². The molecule has 0 spiro atoms. The molecule has 0 bridgehead atoms. The lowest BCUT2D eigenvalue weighted by molar-refractivity contribution is 0.166. The van der Waals surface area contributed by atoms with E-state index < -0.39 is 17.3 Å². The summed E-state index contributed by atoms with van der Waals surface area (Å²) in [7, 11) is 0. The molecule has 3 N–H and O–H groups in total. The lowest BCUT2D eigenvalue weighted by atomic mass is 10.6. The minimum atomic E-state index is -1.00. The molecule has 0 saturated heterocycles. The van der Waals surface area contributed by atoms with Crippen molar-refractivity contribution in [3.8, 4) is 0 Å². The summed E-state index contributed by atoms with van der Waals surface area (Å²) in [6.45, 7) is 0. The zero-order valence-corrected chi connectivity index (χ0v) is 4.78. The maximum absolute atomic E-state index is 12.3. The van der Waals surface area contributed by atoms with Gasteiger partial charge in [-0.3, -0.25) is 0 Å². The minimum Gasteiger partial charge on any atom is -0.424 e. The summed E-state index contributed by atoms with van der Waals surface area (Å²) in [5.74, 6) is -1.45. The number of halogens is 1. The molecular weight excluding hydrogens is 141 g/mol. The van der Waals surface area contributed by atoms with Crippen LogP contribution in [-0.4, -0.2) is 14.9 Å². The number of aromatic nitrogens is 2. The first-order valence-corrected chi connectivity index (χ1v) is 2.35. The van der Waals surface area contributed by atoms with Crippen molar-refractivity contribution in [2.45, 2.75) is 0 Å². The maximum atomic E-state index is 12.3. The molecule has 0 atom stereocenters. The number of nitrogens with two attached hydrogens (primary N) is 1. The summed E-state index contributed by atoms with van der Waals surface area (Å²) in [6.07, 6.45) is 0.546. The van der Waals surface area contributed by atoms with E-state index in [1.807, 2.05) is 0 Å². The number of hydrogen-bond acceptors (Lipinski definition) is 4. The smallest absolute Gasteiger partial charge is 0.382 e. The van der Waals surface area contributed by atoms with Crippen LogP contribution in [0.25, 0.3) is 0 Å². The summed E-state index contributed by atoms with van der Waals surface area (Å²) >= 11 is 0. The lowest BCUT2D eigenvalue weighted by Crippen LogP contribution is -2.22. The van der Waals surface area contributed by atoms with Gasteiger partial charge >= 0.3 is 5.69 Å². The molecule has 0 unspecified atom stereocenters. The summed E-state index contributed by atoms with van der Waals surface area (Å²) in [6, 6.07) is 0. The fraction of sp³-hybridized carbons (Fsp3) is 0. The Kier molecular flexibility index (Phi) is 1.29. The number of rotatable bonds is 0. The van der Waals surface area contributed by atoms with Crippen molar-refractivity contribution in [3.63, 3.8) is 0 Å². The van der Waals surface area contributed by atoms with Gasteiger partial charge < -0.3 is 10.9 Å². The second-order valence-corrected chi connectivity index (χ2v) is 1.60. The SMILES string of the molecule is Nc1nc(=O)n(O)cc1F. The van der Waals surface area contributed by atoms with E-state index in [9.17, 15) is 9.18 Å². The van der Waals surface area contributed by atoms with Gasteiger partial charge in [0.15, 0.2) is 11.6 Å². The fourth-order valence-corrected chi connectivity index (χ4v) is 0.436. The maximum Gasteiger partial charge on any atom is 0.382 e. The van der Waals surface area contributed by atoms with Gasteiger partial charge in [0, 0.05) is 0 Å². The van der Waals surface area contributed by atoms with Crippen molar-refractivity contribution < 1.29 is 9.60 Å². The Morgan fingerprint density at radius 1 is 1.80 bits per heavy atom.